The van der Waals surface area contributed by atoms with Crippen LogP contribution in [0.5, 0.6) is 0 Å². The van der Waals surface area contributed by atoms with Crippen LogP contribution in [0.25, 0.3) is 0 Å². The van der Waals surface area contributed by atoms with Crippen LogP contribution in [-0.2, 0) is 6.54 Å². The fraction of sp³-hybridized carbons (Fsp3) is 0.357. The summed E-state index contributed by atoms with van der Waals surface area (Å²) in [6.45, 7) is 6.40. The van der Waals surface area contributed by atoms with Crippen LogP contribution in [0.2, 0.25) is 0 Å². The molecule has 0 aliphatic heterocycles. The number of benzene rings is 1. The number of hydrogen-bond donors (Lipinski definition) is 2. The lowest BCUT2D eigenvalue weighted by Crippen LogP contribution is -2.18. The van der Waals surface area contributed by atoms with Crippen molar-refractivity contribution in [3.63, 3.8) is 0 Å². The van der Waals surface area contributed by atoms with Crippen molar-refractivity contribution in [2.75, 3.05) is 0 Å². The van der Waals surface area contributed by atoms with Gasteiger partial charge in [-0.05, 0) is 38.0 Å². The fourth-order valence-corrected chi connectivity index (χ4v) is 1.82. The monoisotopic (exact) mass is 247 g/mol. The van der Waals surface area contributed by atoms with Gasteiger partial charge in [0.1, 0.15) is 11.6 Å². The summed E-state index contributed by atoms with van der Waals surface area (Å²) < 4.78 is 13.5. The Kier molecular flexibility index (Phi) is 3.77. The van der Waals surface area contributed by atoms with Crippen molar-refractivity contribution in [1.82, 2.24) is 15.3 Å². The van der Waals surface area contributed by atoms with Gasteiger partial charge < -0.3 is 10.3 Å². The number of nitrogens with zero attached hydrogens (tertiary/aromatic N) is 1. The number of H-pyrrole nitrogens is 1. The summed E-state index contributed by atoms with van der Waals surface area (Å²) in [5.41, 5.74) is 2.66. The fourth-order valence-electron chi connectivity index (χ4n) is 1.82. The largest absolute Gasteiger partial charge is 0.345 e. The third-order valence-electron chi connectivity index (χ3n) is 3.05. The molecule has 0 saturated carbocycles. The molecule has 96 valence electrons. The van der Waals surface area contributed by atoms with E-state index in [0.717, 1.165) is 17.1 Å². The van der Waals surface area contributed by atoms with Crippen molar-refractivity contribution in [3.05, 3.63) is 52.9 Å². The number of hydrogen-bond acceptors (Lipinski definition) is 2. The molecule has 0 amide bonds. The second kappa shape index (κ2) is 5.31. The first-order valence-electron chi connectivity index (χ1n) is 6.06. The number of aromatic amines is 1. The number of aryl methyl sites for hydroxylation is 2. The van der Waals surface area contributed by atoms with Gasteiger partial charge in [0.2, 0.25) is 0 Å². The zero-order valence-electron chi connectivity index (χ0n) is 10.9. The van der Waals surface area contributed by atoms with E-state index in [1.54, 1.807) is 13.0 Å². The van der Waals surface area contributed by atoms with Gasteiger partial charge in [0, 0.05) is 24.5 Å². The molecule has 0 spiro atoms. The lowest BCUT2D eigenvalue weighted by Gasteiger charge is -2.14. The predicted octanol–water partition coefficient (Wildman–Crippen LogP) is 3.02. The summed E-state index contributed by atoms with van der Waals surface area (Å²) in [5, 5.41) is 3.34. The Morgan fingerprint density at radius 2 is 2.17 bits per heavy atom. The Morgan fingerprint density at radius 1 is 1.39 bits per heavy atom. The minimum atomic E-state index is -0.154. The first kappa shape index (κ1) is 12.8. The van der Waals surface area contributed by atoms with E-state index >= 15 is 0 Å². The van der Waals surface area contributed by atoms with E-state index in [0.29, 0.717) is 12.1 Å². The molecule has 1 aromatic carbocycles. The molecule has 0 radical (unpaired) electrons. The third-order valence-corrected chi connectivity index (χ3v) is 3.05. The molecule has 4 heteroatoms. The summed E-state index contributed by atoms with van der Waals surface area (Å²) in [7, 11) is 0. The molecule has 0 fully saturated rings. The molecule has 0 saturated heterocycles. The molecule has 18 heavy (non-hydrogen) atoms. The van der Waals surface area contributed by atoms with Crippen LogP contribution in [0, 0.1) is 19.7 Å². The van der Waals surface area contributed by atoms with E-state index in [-0.39, 0.29) is 11.9 Å². The SMILES string of the molecule is Cc1ncc(CNC(C)c2ccc(C)c(F)c2)[nH]1. The number of nitrogens with one attached hydrogen (secondary N) is 2. The second-order valence-corrected chi connectivity index (χ2v) is 4.61. The van der Waals surface area contributed by atoms with Gasteiger partial charge in [0.05, 0.1) is 0 Å². The average Bonchev–Trinajstić information content (AvgIpc) is 2.75. The van der Waals surface area contributed by atoms with Gasteiger partial charge in [-0.3, -0.25) is 0 Å². The van der Waals surface area contributed by atoms with E-state index < -0.39 is 0 Å². The average molecular weight is 247 g/mol. The van der Waals surface area contributed by atoms with Gasteiger partial charge >= 0.3 is 0 Å². The quantitative estimate of drug-likeness (QED) is 0.872. The molecular weight excluding hydrogens is 229 g/mol. The number of imidazole rings is 1. The summed E-state index contributed by atoms with van der Waals surface area (Å²) in [6, 6.07) is 5.45. The van der Waals surface area contributed by atoms with Crippen LogP contribution >= 0.6 is 0 Å². The van der Waals surface area contributed by atoms with Crippen LogP contribution in [-0.4, -0.2) is 9.97 Å². The van der Waals surface area contributed by atoms with Crippen molar-refractivity contribution in [2.45, 2.75) is 33.4 Å². The van der Waals surface area contributed by atoms with Crippen molar-refractivity contribution in [2.24, 2.45) is 0 Å². The number of halogens is 1. The molecule has 1 aromatic heterocycles. The second-order valence-electron chi connectivity index (χ2n) is 4.61. The maximum Gasteiger partial charge on any atom is 0.126 e. The Bertz CT molecular complexity index is 534. The van der Waals surface area contributed by atoms with E-state index in [9.17, 15) is 4.39 Å². The van der Waals surface area contributed by atoms with E-state index in [1.165, 1.54) is 0 Å². The van der Waals surface area contributed by atoms with Crippen molar-refractivity contribution >= 4 is 0 Å². The lowest BCUT2D eigenvalue weighted by molar-refractivity contribution is 0.558. The maximum atomic E-state index is 13.5. The lowest BCUT2D eigenvalue weighted by atomic mass is 10.1. The minimum Gasteiger partial charge on any atom is -0.345 e. The summed E-state index contributed by atoms with van der Waals surface area (Å²) >= 11 is 0. The molecule has 1 unspecified atom stereocenters. The Hall–Kier alpha value is -1.68. The van der Waals surface area contributed by atoms with Gasteiger partial charge in [-0.2, -0.15) is 0 Å². The van der Waals surface area contributed by atoms with E-state index in [1.807, 2.05) is 32.2 Å². The van der Waals surface area contributed by atoms with E-state index in [2.05, 4.69) is 15.3 Å². The third kappa shape index (κ3) is 2.96. The van der Waals surface area contributed by atoms with Gasteiger partial charge in [0.25, 0.3) is 0 Å². The van der Waals surface area contributed by atoms with Crippen molar-refractivity contribution in [1.29, 1.82) is 0 Å². The maximum absolute atomic E-state index is 13.5. The van der Waals surface area contributed by atoms with Crippen LogP contribution < -0.4 is 5.32 Å². The summed E-state index contributed by atoms with van der Waals surface area (Å²) in [6.07, 6.45) is 1.81. The predicted molar refractivity (Wildman–Crippen MR) is 69.7 cm³/mol. The van der Waals surface area contributed by atoms with Crippen LogP contribution in [0.4, 0.5) is 4.39 Å². The molecule has 1 atom stereocenters. The Balaban J connectivity index is 1.99. The minimum absolute atomic E-state index is 0.101. The Labute approximate surface area is 106 Å². The zero-order valence-corrected chi connectivity index (χ0v) is 10.9. The molecule has 3 nitrogen and oxygen atoms in total. The van der Waals surface area contributed by atoms with Gasteiger partial charge in [0.15, 0.2) is 0 Å². The van der Waals surface area contributed by atoms with Crippen LogP contribution in [0.15, 0.2) is 24.4 Å². The van der Waals surface area contributed by atoms with Crippen LogP contribution in [0.3, 0.4) is 0 Å². The van der Waals surface area contributed by atoms with Crippen molar-refractivity contribution in [3.8, 4) is 0 Å². The number of rotatable bonds is 4. The summed E-state index contributed by atoms with van der Waals surface area (Å²) in [4.78, 5) is 7.29. The van der Waals surface area contributed by atoms with Gasteiger partial charge in [-0.15, -0.1) is 0 Å². The first-order chi connectivity index (χ1) is 8.56. The molecule has 1 heterocycles. The molecule has 2 aromatic rings. The van der Waals surface area contributed by atoms with Gasteiger partial charge in [-0.25, -0.2) is 9.37 Å². The molecular formula is C14H18FN3. The van der Waals surface area contributed by atoms with Gasteiger partial charge in [-0.1, -0.05) is 12.1 Å². The highest BCUT2D eigenvalue weighted by Crippen LogP contribution is 2.16. The smallest absolute Gasteiger partial charge is 0.126 e. The molecule has 0 bridgehead atoms. The Morgan fingerprint density at radius 3 is 2.78 bits per heavy atom. The van der Waals surface area contributed by atoms with Crippen molar-refractivity contribution < 1.29 is 4.39 Å². The topological polar surface area (TPSA) is 40.7 Å². The normalized spacial score (nSPS) is 12.7. The highest BCUT2D eigenvalue weighted by molar-refractivity contribution is 5.25. The molecule has 0 aliphatic rings. The first-order valence-corrected chi connectivity index (χ1v) is 6.06. The van der Waals surface area contributed by atoms with Crippen LogP contribution in [0.1, 0.15) is 35.6 Å². The molecule has 2 N–H and O–H groups in total. The number of aromatic nitrogens is 2. The molecule has 0 aliphatic carbocycles. The van der Waals surface area contributed by atoms with E-state index in [4.69, 9.17) is 0 Å². The summed E-state index contributed by atoms with van der Waals surface area (Å²) in [5.74, 6) is 0.749. The zero-order chi connectivity index (χ0) is 13.1. The molecule has 2 rings (SSSR count). The highest BCUT2D eigenvalue weighted by atomic mass is 19.1. The standard InChI is InChI=1S/C14H18FN3/c1-9-4-5-12(6-14(9)15)10(2)16-7-13-8-17-11(3)18-13/h4-6,8,10,16H,7H2,1-3H3,(H,17,18). The highest BCUT2D eigenvalue weighted by Gasteiger charge is 2.07.